The molecule has 1 aliphatic rings. The molecule has 1 rings (SSSR count). The molecule has 120 valence electrons. The van der Waals surface area contributed by atoms with Crippen molar-refractivity contribution in [3.8, 4) is 0 Å². The summed E-state index contributed by atoms with van der Waals surface area (Å²) in [7, 11) is 2.24. The third-order valence-electron chi connectivity index (χ3n) is 4.00. The Bertz CT molecular complexity index is 268. The molecule has 1 N–H and O–H groups in total. The number of nitrogens with one attached hydrogen (secondary N) is 1. The van der Waals surface area contributed by atoms with Crippen molar-refractivity contribution in [3.63, 3.8) is 0 Å². The van der Waals surface area contributed by atoms with Crippen LogP contribution in [-0.2, 0) is 4.74 Å². The van der Waals surface area contributed by atoms with Gasteiger partial charge in [0.15, 0.2) is 0 Å². The summed E-state index contributed by atoms with van der Waals surface area (Å²) in [6, 6.07) is 0.681. The fraction of sp³-hybridized carbons (Fsp3) is 1.00. The zero-order chi connectivity index (χ0) is 15.2. The smallest absolute Gasteiger partial charge is 0.0707 e. The average molecular weight is 303 g/mol. The van der Waals surface area contributed by atoms with Crippen molar-refractivity contribution in [1.29, 1.82) is 0 Å². The molecular weight excluding hydrogens is 268 g/mol. The summed E-state index contributed by atoms with van der Waals surface area (Å²) in [5.74, 6) is 1.22. The van der Waals surface area contributed by atoms with Crippen molar-refractivity contribution in [3.05, 3.63) is 0 Å². The average Bonchev–Trinajstić information content (AvgIpc) is 2.80. The largest absolute Gasteiger partial charge is 0.372 e. The molecule has 1 saturated heterocycles. The van der Waals surface area contributed by atoms with Gasteiger partial charge in [-0.3, -0.25) is 0 Å². The van der Waals surface area contributed by atoms with Crippen molar-refractivity contribution in [2.24, 2.45) is 0 Å². The highest BCUT2D eigenvalue weighted by Crippen LogP contribution is 2.21. The monoisotopic (exact) mass is 302 g/mol. The second-order valence-corrected chi connectivity index (χ2v) is 7.96. The second kappa shape index (κ2) is 8.62. The van der Waals surface area contributed by atoms with Gasteiger partial charge in [0, 0.05) is 30.4 Å². The molecule has 0 aromatic heterocycles. The van der Waals surface area contributed by atoms with Crippen molar-refractivity contribution in [1.82, 2.24) is 10.2 Å². The summed E-state index contributed by atoms with van der Waals surface area (Å²) in [6.45, 7) is 11.0. The zero-order valence-corrected chi connectivity index (χ0v) is 15.1. The van der Waals surface area contributed by atoms with E-state index in [0.29, 0.717) is 18.2 Å². The van der Waals surface area contributed by atoms with Crippen molar-refractivity contribution >= 4 is 11.8 Å². The molecule has 0 aromatic rings. The van der Waals surface area contributed by atoms with E-state index in [1.165, 1.54) is 25.0 Å². The van der Waals surface area contributed by atoms with Crippen LogP contribution in [0.3, 0.4) is 0 Å². The Morgan fingerprint density at radius 3 is 2.50 bits per heavy atom. The van der Waals surface area contributed by atoms with E-state index in [9.17, 15) is 0 Å². The molecule has 0 aromatic carbocycles. The number of nitrogens with zero attached hydrogens (tertiary/aromatic N) is 1. The van der Waals surface area contributed by atoms with E-state index in [2.05, 4.69) is 51.2 Å². The van der Waals surface area contributed by atoms with Crippen LogP contribution in [0.2, 0.25) is 0 Å². The summed E-state index contributed by atoms with van der Waals surface area (Å²) in [4.78, 5) is 2.49. The first-order valence-electron chi connectivity index (χ1n) is 7.95. The molecule has 0 bridgehead atoms. The molecule has 20 heavy (non-hydrogen) atoms. The Balaban J connectivity index is 2.29. The number of hydrogen-bond donors (Lipinski definition) is 1. The molecule has 1 fully saturated rings. The highest BCUT2D eigenvalue weighted by Gasteiger charge is 2.28. The normalized spacial score (nSPS) is 25.4. The molecule has 3 unspecified atom stereocenters. The van der Waals surface area contributed by atoms with E-state index in [0.717, 1.165) is 13.1 Å². The number of rotatable bonds is 8. The van der Waals surface area contributed by atoms with Crippen LogP contribution in [0.4, 0.5) is 0 Å². The first-order chi connectivity index (χ1) is 9.35. The minimum atomic E-state index is 0.184. The second-order valence-electron chi connectivity index (χ2n) is 7.05. The molecule has 3 nitrogen and oxygen atoms in total. The number of ether oxygens (including phenoxy) is 1. The topological polar surface area (TPSA) is 24.5 Å². The Labute approximate surface area is 130 Å². The van der Waals surface area contributed by atoms with E-state index in [-0.39, 0.29) is 5.54 Å². The lowest BCUT2D eigenvalue weighted by molar-refractivity contribution is 0.0195. The quantitative estimate of drug-likeness (QED) is 0.745. The van der Waals surface area contributed by atoms with Crippen LogP contribution in [0.5, 0.6) is 0 Å². The van der Waals surface area contributed by atoms with Gasteiger partial charge in [0.05, 0.1) is 12.2 Å². The van der Waals surface area contributed by atoms with Crippen molar-refractivity contribution in [2.45, 2.75) is 70.7 Å². The zero-order valence-electron chi connectivity index (χ0n) is 14.2. The van der Waals surface area contributed by atoms with Gasteiger partial charge >= 0.3 is 0 Å². The third-order valence-corrected chi connectivity index (χ3v) is 4.72. The molecule has 0 aliphatic carbocycles. The van der Waals surface area contributed by atoms with Gasteiger partial charge in [-0.1, -0.05) is 6.92 Å². The van der Waals surface area contributed by atoms with Gasteiger partial charge in [-0.15, -0.1) is 0 Å². The van der Waals surface area contributed by atoms with E-state index in [4.69, 9.17) is 4.74 Å². The predicted octanol–water partition coefficient (Wildman–Crippen LogP) is 3.00. The fourth-order valence-electron chi connectivity index (χ4n) is 2.70. The van der Waals surface area contributed by atoms with Crippen LogP contribution < -0.4 is 5.32 Å². The number of likely N-dealkylation sites (N-methyl/N-ethyl adjacent to an activating group) is 1. The van der Waals surface area contributed by atoms with Gasteiger partial charge in [0.1, 0.15) is 0 Å². The minimum absolute atomic E-state index is 0.184. The predicted molar refractivity (Wildman–Crippen MR) is 90.7 cm³/mol. The van der Waals surface area contributed by atoms with Crippen LogP contribution in [0.1, 0.15) is 47.0 Å². The molecule has 3 atom stereocenters. The molecular formula is C16H34N2OS. The number of hydrogen-bond acceptors (Lipinski definition) is 4. The Hall–Kier alpha value is 0.230. The Kier molecular flexibility index (Phi) is 7.88. The minimum Gasteiger partial charge on any atom is -0.372 e. The lowest BCUT2D eigenvalue weighted by atomic mass is 10.1. The van der Waals surface area contributed by atoms with Crippen LogP contribution in [0.25, 0.3) is 0 Å². The van der Waals surface area contributed by atoms with E-state index in [1.54, 1.807) is 0 Å². The van der Waals surface area contributed by atoms with E-state index >= 15 is 0 Å². The van der Waals surface area contributed by atoms with Gasteiger partial charge < -0.3 is 15.0 Å². The first-order valence-corrected chi connectivity index (χ1v) is 9.34. The third kappa shape index (κ3) is 6.79. The highest BCUT2D eigenvalue weighted by molar-refractivity contribution is 7.98. The van der Waals surface area contributed by atoms with Gasteiger partial charge in [-0.25, -0.2) is 0 Å². The van der Waals surface area contributed by atoms with Gasteiger partial charge in [-0.2, -0.15) is 11.8 Å². The standard InChI is InChI=1S/C16H34N2OS/c1-7-13(12-20-6)18(5)11-15-9-8-14(19-15)10-17-16(2,3)4/h13-15,17H,7-12H2,1-6H3. The SMILES string of the molecule is CCC(CSC)N(C)CC1CCC(CNC(C)(C)C)O1. The molecule has 0 radical (unpaired) electrons. The van der Waals surface area contributed by atoms with Crippen molar-refractivity contribution < 1.29 is 4.74 Å². The van der Waals surface area contributed by atoms with Crippen molar-refractivity contribution in [2.75, 3.05) is 32.1 Å². The Morgan fingerprint density at radius 1 is 1.30 bits per heavy atom. The lowest BCUT2D eigenvalue weighted by Crippen LogP contribution is -2.42. The molecule has 1 aliphatic heterocycles. The summed E-state index contributed by atoms with van der Waals surface area (Å²) >= 11 is 1.94. The van der Waals surface area contributed by atoms with E-state index < -0.39 is 0 Å². The summed E-state index contributed by atoms with van der Waals surface area (Å²) in [6.07, 6.45) is 6.63. The maximum atomic E-state index is 6.19. The maximum Gasteiger partial charge on any atom is 0.0707 e. The van der Waals surface area contributed by atoms with Crippen LogP contribution in [0.15, 0.2) is 0 Å². The number of thioether (sulfide) groups is 1. The summed E-state index contributed by atoms with van der Waals surface area (Å²) in [5, 5.41) is 3.55. The molecule has 0 amide bonds. The maximum absolute atomic E-state index is 6.19. The van der Waals surface area contributed by atoms with Crippen LogP contribution in [0, 0.1) is 0 Å². The molecule has 1 heterocycles. The van der Waals surface area contributed by atoms with Gasteiger partial charge in [-0.05, 0) is 53.3 Å². The molecule has 4 heteroatoms. The first kappa shape index (κ1) is 18.3. The van der Waals surface area contributed by atoms with Crippen LogP contribution >= 0.6 is 11.8 Å². The van der Waals surface area contributed by atoms with E-state index in [1.807, 2.05) is 11.8 Å². The molecule has 0 spiro atoms. The van der Waals surface area contributed by atoms with Gasteiger partial charge in [0.2, 0.25) is 0 Å². The van der Waals surface area contributed by atoms with Crippen LogP contribution in [-0.4, -0.2) is 60.8 Å². The summed E-state index contributed by atoms with van der Waals surface area (Å²) in [5.41, 5.74) is 0.184. The molecule has 0 saturated carbocycles. The summed E-state index contributed by atoms with van der Waals surface area (Å²) < 4.78 is 6.19. The van der Waals surface area contributed by atoms with Gasteiger partial charge in [0.25, 0.3) is 0 Å². The Morgan fingerprint density at radius 2 is 1.95 bits per heavy atom. The fourth-order valence-corrected chi connectivity index (χ4v) is 3.58. The lowest BCUT2D eigenvalue weighted by Gasteiger charge is -2.29. The highest BCUT2D eigenvalue weighted by atomic mass is 32.2.